The lowest BCUT2D eigenvalue weighted by Crippen LogP contribution is -2.45. The van der Waals surface area contributed by atoms with E-state index in [-0.39, 0.29) is 18.6 Å². The standard InChI is InChI=1S/C18H24N4O5/c1-18(2,3)26-17(24)19-12-8-9-13(25-11-12)10-16(23)27-22-15-7-5-4-6-14(15)20-21-22/h4-7,12-13H,8-11H2,1-3H3,(H,19,24)/t12-,13+/m1/s1. The van der Waals surface area contributed by atoms with Gasteiger partial charge in [-0.3, -0.25) is 0 Å². The highest BCUT2D eigenvalue weighted by Crippen LogP contribution is 2.18. The number of benzene rings is 1. The van der Waals surface area contributed by atoms with Gasteiger partial charge in [0.25, 0.3) is 0 Å². The van der Waals surface area contributed by atoms with E-state index < -0.39 is 17.7 Å². The van der Waals surface area contributed by atoms with E-state index in [1.54, 1.807) is 12.1 Å². The Bertz CT molecular complexity index is 805. The van der Waals surface area contributed by atoms with E-state index in [2.05, 4.69) is 15.6 Å². The third kappa shape index (κ3) is 5.40. The molecular weight excluding hydrogens is 352 g/mol. The Kier molecular flexibility index (Phi) is 5.59. The number of carbonyl (C=O) groups is 2. The number of nitrogens with one attached hydrogen (secondary N) is 1. The Hall–Kier alpha value is -2.68. The topological polar surface area (TPSA) is 105 Å². The molecule has 9 nitrogen and oxygen atoms in total. The van der Waals surface area contributed by atoms with Crippen LogP contribution in [0.1, 0.15) is 40.0 Å². The van der Waals surface area contributed by atoms with E-state index in [0.717, 1.165) is 4.85 Å². The Balaban J connectivity index is 1.44. The van der Waals surface area contributed by atoms with Gasteiger partial charge in [-0.2, -0.15) is 0 Å². The molecule has 1 amide bonds. The quantitative estimate of drug-likeness (QED) is 0.812. The van der Waals surface area contributed by atoms with Crippen molar-refractivity contribution in [3.63, 3.8) is 0 Å². The van der Waals surface area contributed by atoms with E-state index in [1.165, 1.54) is 0 Å². The van der Waals surface area contributed by atoms with Crippen LogP contribution in [0.25, 0.3) is 11.0 Å². The van der Waals surface area contributed by atoms with Crippen molar-refractivity contribution in [3.8, 4) is 0 Å². The Morgan fingerprint density at radius 2 is 2.07 bits per heavy atom. The second kappa shape index (κ2) is 7.91. The number of nitrogens with zero attached hydrogens (tertiary/aromatic N) is 3. The van der Waals surface area contributed by atoms with Crippen molar-refractivity contribution in [2.45, 2.75) is 57.8 Å². The second-order valence-corrected chi connectivity index (χ2v) is 7.49. The van der Waals surface area contributed by atoms with Gasteiger partial charge in [-0.25, -0.2) is 9.59 Å². The van der Waals surface area contributed by atoms with Crippen LogP contribution in [-0.4, -0.2) is 51.6 Å². The molecule has 146 valence electrons. The molecule has 0 bridgehead atoms. The number of hydrogen-bond donors (Lipinski definition) is 1. The number of hydrogen-bond acceptors (Lipinski definition) is 7. The van der Waals surface area contributed by atoms with Crippen LogP contribution in [0.2, 0.25) is 0 Å². The number of alkyl carbamates (subject to hydrolysis) is 1. The molecular formula is C18H24N4O5. The lowest BCUT2D eigenvalue weighted by Gasteiger charge is -2.30. The summed E-state index contributed by atoms with van der Waals surface area (Å²) in [5, 5.41) is 10.5. The van der Waals surface area contributed by atoms with Crippen LogP contribution >= 0.6 is 0 Å². The number of aromatic nitrogens is 3. The van der Waals surface area contributed by atoms with Gasteiger partial charge in [-0.1, -0.05) is 17.0 Å². The molecule has 9 heteroatoms. The van der Waals surface area contributed by atoms with Gasteiger partial charge in [0.05, 0.1) is 25.2 Å². The molecule has 27 heavy (non-hydrogen) atoms. The summed E-state index contributed by atoms with van der Waals surface area (Å²) in [6.45, 7) is 5.75. The van der Waals surface area contributed by atoms with Crippen LogP contribution in [0.15, 0.2) is 24.3 Å². The molecule has 1 aromatic carbocycles. The maximum Gasteiger partial charge on any atom is 0.407 e. The number of amides is 1. The average Bonchev–Trinajstić information content (AvgIpc) is 2.98. The van der Waals surface area contributed by atoms with Crippen LogP contribution < -0.4 is 10.2 Å². The molecule has 1 aromatic heterocycles. The first kappa shape index (κ1) is 19.1. The van der Waals surface area contributed by atoms with E-state index in [9.17, 15) is 9.59 Å². The summed E-state index contributed by atoms with van der Waals surface area (Å²) in [5.74, 6) is -0.450. The highest BCUT2D eigenvalue weighted by molar-refractivity contribution is 5.75. The van der Waals surface area contributed by atoms with Crippen molar-refractivity contribution in [1.29, 1.82) is 0 Å². The zero-order valence-corrected chi connectivity index (χ0v) is 15.7. The molecule has 2 heterocycles. The average molecular weight is 376 g/mol. The van der Waals surface area contributed by atoms with Gasteiger partial charge >= 0.3 is 12.1 Å². The van der Waals surface area contributed by atoms with Crippen molar-refractivity contribution in [2.75, 3.05) is 6.61 Å². The minimum absolute atomic E-state index is 0.105. The van der Waals surface area contributed by atoms with Crippen LogP contribution in [0.5, 0.6) is 0 Å². The normalized spacial score (nSPS) is 20.3. The first-order chi connectivity index (χ1) is 12.8. The predicted molar refractivity (Wildman–Crippen MR) is 95.9 cm³/mol. The van der Waals surface area contributed by atoms with Crippen molar-refractivity contribution in [1.82, 2.24) is 20.5 Å². The fourth-order valence-corrected chi connectivity index (χ4v) is 2.79. The van der Waals surface area contributed by atoms with Crippen LogP contribution in [0.4, 0.5) is 4.79 Å². The number of fused-ring (bicyclic) bond motifs is 1. The molecule has 0 saturated carbocycles. The molecule has 1 aliphatic rings. The third-order valence-electron chi connectivity index (χ3n) is 4.00. The Morgan fingerprint density at radius 1 is 1.30 bits per heavy atom. The fraction of sp³-hybridized carbons (Fsp3) is 0.556. The smallest absolute Gasteiger partial charge is 0.407 e. The van der Waals surface area contributed by atoms with Crippen LogP contribution in [0, 0.1) is 0 Å². The van der Waals surface area contributed by atoms with Gasteiger partial charge in [0.2, 0.25) is 0 Å². The summed E-state index contributed by atoms with van der Waals surface area (Å²) in [7, 11) is 0. The van der Waals surface area contributed by atoms with E-state index in [4.69, 9.17) is 14.3 Å². The minimum atomic E-state index is -0.544. The largest absolute Gasteiger partial charge is 0.444 e. The molecule has 0 aliphatic carbocycles. The van der Waals surface area contributed by atoms with E-state index in [0.29, 0.717) is 30.5 Å². The zero-order chi connectivity index (χ0) is 19.4. The number of rotatable bonds is 4. The summed E-state index contributed by atoms with van der Waals surface area (Å²) in [4.78, 5) is 30.3. The lowest BCUT2D eigenvalue weighted by molar-refractivity contribution is -0.149. The number of ether oxygens (including phenoxy) is 2. The molecule has 0 unspecified atom stereocenters. The first-order valence-electron chi connectivity index (χ1n) is 8.93. The van der Waals surface area contributed by atoms with Gasteiger partial charge in [0.15, 0.2) is 0 Å². The highest BCUT2D eigenvalue weighted by Gasteiger charge is 2.27. The maximum absolute atomic E-state index is 12.2. The molecule has 2 atom stereocenters. The Morgan fingerprint density at radius 3 is 2.78 bits per heavy atom. The van der Waals surface area contributed by atoms with Gasteiger partial charge < -0.3 is 19.6 Å². The summed E-state index contributed by atoms with van der Waals surface area (Å²) in [6, 6.07) is 7.08. The van der Waals surface area contributed by atoms with E-state index in [1.807, 2.05) is 32.9 Å². The molecule has 1 aliphatic heterocycles. The van der Waals surface area contributed by atoms with Gasteiger partial charge in [-0.15, -0.1) is 5.10 Å². The second-order valence-electron chi connectivity index (χ2n) is 7.49. The number of carbonyl (C=O) groups excluding carboxylic acids is 2. The van der Waals surface area contributed by atoms with Crippen molar-refractivity contribution in [2.24, 2.45) is 0 Å². The van der Waals surface area contributed by atoms with Gasteiger partial charge in [0, 0.05) is 0 Å². The number of para-hydroxylation sites is 1. The van der Waals surface area contributed by atoms with Gasteiger partial charge in [-0.05, 0) is 51.0 Å². The Labute approximate surface area is 156 Å². The summed E-state index contributed by atoms with van der Waals surface area (Å²) >= 11 is 0. The van der Waals surface area contributed by atoms with Crippen molar-refractivity contribution >= 4 is 23.1 Å². The molecule has 3 rings (SSSR count). The van der Waals surface area contributed by atoms with E-state index >= 15 is 0 Å². The zero-order valence-electron chi connectivity index (χ0n) is 15.7. The van der Waals surface area contributed by atoms with Crippen molar-refractivity contribution < 1.29 is 23.9 Å². The molecule has 0 radical (unpaired) electrons. The molecule has 1 saturated heterocycles. The monoisotopic (exact) mass is 376 g/mol. The third-order valence-corrected chi connectivity index (χ3v) is 4.00. The first-order valence-corrected chi connectivity index (χ1v) is 8.93. The lowest BCUT2D eigenvalue weighted by atomic mass is 10.0. The minimum Gasteiger partial charge on any atom is -0.444 e. The SMILES string of the molecule is CC(C)(C)OC(=O)N[C@@H]1CC[C@@H](CC(=O)On2nnc3ccccc32)OC1. The predicted octanol–water partition coefficient (Wildman–Crippen LogP) is 1.85. The summed E-state index contributed by atoms with van der Waals surface area (Å²) in [6.07, 6.45) is 0.709. The van der Waals surface area contributed by atoms with Crippen LogP contribution in [0.3, 0.4) is 0 Å². The molecule has 0 spiro atoms. The summed E-state index contributed by atoms with van der Waals surface area (Å²) < 4.78 is 10.9. The molecule has 2 aromatic rings. The maximum atomic E-state index is 12.2. The molecule has 1 fully saturated rings. The molecule has 1 N–H and O–H groups in total. The van der Waals surface area contributed by atoms with Crippen molar-refractivity contribution in [3.05, 3.63) is 24.3 Å². The van der Waals surface area contributed by atoms with Gasteiger partial charge in [0.1, 0.15) is 16.6 Å². The van der Waals surface area contributed by atoms with Crippen LogP contribution in [-0.2, 0) is 14.3 Å². The highest BCUT2D eigenvalue weighted by atomic mass is 16.7. The summed E-state index contributed by atoms with van der Waals surface area (Å²) in [5.41, 5.74) is 0.726. The fourth-order valence-electron chi connectivity index (χ4n) is 2.79.